The minimum atomic E-state index is -0.474. The van der Waals surface area contributed by atoms with Gasteiger partial charge in [-0.25, -0.2) is 0 Å². The molecular weight excluding hydrogens is 254 g/mol. The molecule has 4 heteroatoms. The average Bonchev–Trinajstić information content (AvgIpc) is 2.46. The quantitative estimate of drug-likeness (QED) is 0.628. The van der Waals surface area contributed by atoms with Crippen LogP contribution in [0.2, 0.25) is 0 Å². The van der Waals surface area contributed by atoms with Crippen molar-refractivity contribution in [2.45, 2.75) is 0 Å². The van der Waals surface area contributed by atoms with Crippen molar-refractivity contribution >= 4 is 26.9 Å². The molecule has 0 saturated heterocycles. The summed E-state index contributed by atoms with van der Waals surface area (Å²) >= 11 is 0. The normalized spacial score (nSPS) is 11.3. The van der Waals surface area contributed by atoms with E-state index in [2.05, 4.69) is 30.9 Å². The highest BCUT2D eigenvalue weighted by Gasteiger charge is 2.17. The first-order chi connectivity index (χ1) is 8.77. The third kappa shape index (κ3) is 3.30. The van der Waals surface area contributed by atoms with Gasteiger partial charge < -0.3 is 9.47 Å². The van der Waals surface area contributed by atoms with Crippen molar-refractivity contribution in [2.75, 3.05) is 20.9 Å². The fourth-order valence-electron chi connectivity index (χ4n) is 1.94. The molecule has 2 rings (SSSR count). The molecule has 0 N–H and O–H groups in total. The molecule has 97 valence electrons. The molecule has 2 nitrogen and oxygen atoms in total. The topological polar surface area (TPSA) is 18.5 Å². The maximum atomic E-state index is 5.47. The summed E-state index contributed by atoms with van der Waals surface area (Å²) in [7, 11) is 2.93. The minimum Gasteiger partial charge on any atom is -0.496 e. The van der Waals surface area contributed by atoms with Crippen LogP contribution in [0.4, 0.5) is 0 Å². The molecule has 0 aliphatic rings. The molecule has 0 heterocycles. The van der Waals surface area contributed by atoms with Gasteiger partial charge in [0.2, 0.25) is 0 Å². The van der Waals surface area contributed by atoms with E-state index in [1.165, 1.54) is 5.30 Å². The Labute approximate surface area is 118 Å². The second kappa shape index (κ2) is 7.20. The summed E-state index contributed by atoms with van der Waals surface area (Å²) in [6.45, 7) is 2.23. The van der Waals surface area contributed by atoms with Gasteiger partial charge in [0.15, 0.2) is 0 Å². The van der Waals surface area contributed by atoms with Crippen LogP contribution in [0.25, 0.3) is 0 Å². The Hall–Kier alpha value is -1.47. The Morgan fingerprint density at radius 1 is 0.789 bits per heavy atom. The van der Waals surface area contributed by atoms with Gasteiger partial charge in [0.25, 0.3) is 0 Å². The van der Waals surface area contributed by atoms with Crippen molar-refractivity contribution in [1.29, 1.82) is 0 Å². The SMILES string of the molecule is COc1cccc(OC)c1P(C)c1ccccc1.[B]. The Bertz CT molecular complexity index is 495. The van der Waals surface area contributed by atoms with Gasteiger partial charge in [-0.2, -0.15) is 0 Å². The highest BCUT2D eigenvalue weighted by atomic mass is 31.1. The molecule has 2 aromatic carbocycles. The maximum absolute atomic E-state index is 5.47. The Morgan fingerprint density at radius 2 is 1.32 bits per heavy atom. The number of ether oxygens (including phenoxy) is 2. The van der Waals surface area contributed by atoms with Gasteiger partial charge in [-0.15, -0.1) is 0 Å². The van der Waals surface area contributed by atoms with Crippen LogP contribution < -0.4 is 20.1 Å². The molecule has 2 aromatic rings. The van der Waals surface area contributed by atoms with E-state index in [1.807, 2.05) is 24.3 Å². The summed E-state index contributed by atoms with van der Waals surface area (Å²) in [4.78, 5) is 0. The first-order valence-electron chi connectivity index (χ1n) is 5.77. The zero-order chi connectivity index (χ0) is 13.0. The third-order valence-corrected chi connectivity index (χ3v) is 5.07. The second-order valence-electron chi connectivity index (χ2n) is 3.91. The minimum absolute atomic E-state index is 0. The monoisotopic (exact) mass is 271 g/mol. The lowest BCUT2D eigenvalue weighted by Crippen LogP contribution is -2.15. The molecule has 0 saturated carbocycles. The van der Waals surface area contributed by atoms with E-state index in [0.717, 1.165) is 16.8 Å². The van der Waals surface area contributed by atoms with Gasteiger partial charge in [0, 0.05) is 8.41 Å². The van der Waals surface area contributed by atoms with Crippen LogP contribution in [0, 0.1) is 0 Å². The molecule has 1 atom stereocenters. The van der Waals surface area contributed by atoms with E-state index in [9.17, 15) is 0 Å². The smallest absolute Gasteiger partial charge is 0.130 e. The van der Waals surface area contributed by atoms with Gasteiger partial charge in [-0.05, 0) is 32.0 Å². The van der Waals surface area contributed by atoms with Crippen molar-refractivity contribution in [3.05, 3.63) is 48.5 Å². The van der Waals surface area contributed by atoms with Crippen LogP contribution in [-0.2, 0) is 0 Å². The van der Waals surface area contributed by atoms with E-state index in [4.69, 9.17) is 9.47 Å². The number of hydrogen-bond donors (Lipinski definition) is 0. The molecule has 0 aromatic heterocycles. The summed E-state index contributed by atoms with van der Waals surface area (Å²) in [5.41, 5.74) is 0. The molecule has 1 unspecified atom stereocenters. The summed E-state index contributed by atoms with van der Waals surface area (Å²) in [6.07, 6.45) is 0. The molecule has 0 fully saturated rings. The summed E-state index contributed by atoms with van der Waals surface area (Å²) in [5, 5.41) is 2.47. The van der Waals surface area contributed by atoms with Gasteiger partial charge in [-0.3, -0.25) is 0 Å². The zero-order valence-corrected chi connectivity index (χ0v) is 12.4. The predicted octanol–water partition coefficient (Wildman–Crippen LogP) is 2.39. The largest absolute Gasteiger partial charge is 0.496 e. The first kappa shape index (κ1) is 15.6. The van der Waals surface area contributed by atoms with E-state index in [-0.39, 0.29) is 8.41 Å². The number of hydrogen-bond acceptors (Lipinski definition) is 2. The second-order valence-corrected chi connectivity index (χ2v) is 5.99. The van der Waals surface area contributed by atoms with Crippen molar-refractivity contribution < 1.29 is 9.47 Å². The molecule has 0 aliphatic heterocycles. The van der Waals surface area contributed by atoms with Crippen molar-refractivity contribution in [3.8, 4) is 11.5 Å². The molecule has 0 amide bonds. The van der Waals surface area contributed by atoms with Crippen LogP contribution in [0.5, 0.6) is 11.5 Å². The molecule has 0 aliphatic carbocycles. The molecule has 3 radical (unpaired) electrons. The predicted molar refractivity (Wildman–Crippen MR) is 83.9 cm³/mol. The van der Waals surface area contributed by atoms with E-state index in [0.29, 0.717) is 0 Å². The van der Waals surface area contributed by atoms with Gasteiger partial charge >= 0.3 is 0 Å². The van der Waals surface area contributed by atoms with Crippen LogP contribution in [0.1, 0.15) is 0 Å². The average molecular weight is 271 g/mol. The van der Waals surface area contributed by atoms with Crippen LogP contribution in [0.3, 0.4) is 0 Å². The van der Waals surface area contributed by atoms with Crippen molar-refractivity contribution in [1.82, 2.24) is 0 Å². The zero-order valence-electron chi connectivity index (χ0n) is 11.5. The van der Waals surface area contributed by atoms with Crippen molar-refractivity contribution in [2.24, 2.45) is 0 Å². The van der Waals surface area contributed by atoms with Gasteiger partial charge in [0.05, 0.1) is 19.5 Å². The van der Waals surface area contributed by atoms with Gasteiger partial charge in [-0.1, -0.05) is 36.4 Å². The van der Waals surface area contributed by atoms with Crippen LogP contribution in [0.15, 0.2) is 48.5 Å². The standard InChI is InChI=1S/C15H17O2P.B/c1-16-13-10-7-11-14(17-2)15(13)18(3)12-8-5-4-6-9-12;/h4-11H,1-3H3;. The first-order valence-corrected chi connectivity index (χ1v) is 7.56. The molecule has 0 spiro atoms. The lowest BCUT2D eigenvalue weighted by molar-refractivity contribution is 0.401. The summed E-state index contributed by atoms with van der Waals surface area (Å²) < 4.78 is 10.9. The maximum Gasteiger partial charge on any atom is 0.130 e. The number of rotatable bonds is 4. The van der Waals surface area contributed by atoms with Crippen LogP contribution in [-0.4, -0.2) is 29.3 Å². The highest BCUT2D eigenvalue weighted by Crippen LogP contribution is 2.37. The molecule has 0 bridgehead atoms. The van der Waals surface area contributed by atoms with Crippen LogP contribution >= 0.6 is 7.92 Å². The number of benzene rings is 2. The third-order valence-electron chi connectivity index (χ3n) is 2.88. The number of methoxy groups -OCH3 is 2. The fraction of sp³-hybridized carbons (Fsp3) is 0.200. The van der Waals surface area contributed by atoms with E-state index < -0.39 is 7.92 Å². The van der Waals surface area contributed by atoms with Gasteiger partial charge in [0.1, 0.15) is 11.5 Å². The summed E-state index contributed by atoms with van der Waals surface area (Å²) in [5.74, 6) is 1.79. The Kier molecular flexibility index (Phi) is 5.91. The fourth-order valence-corrected chi connectivity index (χ4v) is 3.81. The lowest BCUT2D eigenvalue weighted by atomic mass is 10.3. The Balaban J connectivity index is 0.00000180. The van der Waals surface area contributed by atoms with E-state index in [1.54, 1.807) is 14.2 Å². The molecule has 19 heavy (non-hydrogen) atoms. The van der Waals surface area contributed by atoms with Crippen molar-refractivity contribution in [3.63, 3.8) is 0 Å². The molecular formula is C15H17BO2P. The Morgan fingerprint density at radius 3 is 1.79 bits per heavy atom. The highest BCUT2D eigenvalue weighted by molar-refractivity contribution is 7.72. The summed E-state index contributed by atoms with van der Waals surface area (Å²) in [6, 6.07) is 16.4. The lowest BCUT2D eigenvalue weighted by Gasteiger charge is -2.19. The van der Waals surface area contributed by atoms with E-state index >= 15 is 0 Å².